The number of aliphatic hydroxyl groups is 1. The van der Waals surface area contributed by atoms with Gasteiger partial charge in [0, 0.05) is 19.4 Å². The number of aliphatic hydroxyl groups excluding tert-OH is 1. The number of esters is 2. The first-order valence-electron chi connectivity index (χ1n) is 5.40. The molecule has 1 aliphatic heterocycles. The molecular weight excluding hydrogens is 224 g/mol. The molecule has 0 saturated carbocycles. The van der Waals surface area contributed by atoms with Crippen LogP contribution in [0.15, 0.2) is 24.3 Å². The first-order valence-corrected chi connectivity index (χ1v) is 5.40. The Morgan fingerprint density at radius 1 is 1.47 bits per heavy atom. The van der Waals surface area contributed by atoms with Gasteiger partial charge in [0.05, 0.1) is 6.10 Å². The number of ether oxygens (including phenoxy) is 2. The summed E-state index contributed by atoms with van der Waals surface area (Å²) in [6.07, 6.45) is 4.23. The highest BCUT2D eigenvalue weighted by atomic mass is 16.5. The quantitative estimate of drug-likeness (QED) is 0.540. The van der Waals surface area contributed by atoms with Crippen molar-refractivity contribution >= 4 is 11.9 Å². The summed E-state index contributed by atoms with van der Waals surface area (Å²) in [6.45, 7) is 2.98. The first-order chi connectivity index (χ1) is 7.97. The van der Waals surface area contributed by atoms with Gasteiger partial charge in [-0.1, -0.05) is 6.08 Å². The van der Waals surface area contributed by atoms with Crippen LogP contribution >= 0.6 is 0 Å². The van der Waals surface area contributed by atoms with Crippen molar-refractivity contribution in [2.24, 2.45) is 0 Å². The van der Waals surface area contributed by atoms with E-state index in [1.807, 2.05) is 0 Å². The Morgan fingerprint density at radius 2 is 2.18 bits per heavy atom. The summed E-state index contributed by atoms with van der Waals surface area (Å²) in [6, 6.07) is 0. The summed E-state index contributed by atoms with van der Waals surface area (Å²) in [4.78, 5) is 22.1. The van der Waals surface area contributed by atoms with Crippen LogP contribution in [-0.4, -0.2) is 35.4 Å². The van der Waals surface area contributed by atoms with Crippen LogP contribution in [0.5, 0.6) is 0 Å². The molecule has 0 aromatic carbocycles. The van der Waals surface area contributed by atoms with E-state index in [1.165, 1.54) is 31.2 Å². The maximum atomic E-state index is 11.3. The SMILES string of the molecule is CC(=O)O[C@@H]1C=C[C@H](O)C[C@H](C)OC(=O)/C=C\1. The molecule has 5 nitrogen and oxygen atoms in total. The molecule has 3 atom stereocenters. The Morgan fingerprint density at radius 3 is 2.82 bits per heavy atom. The van der Waals surface area contributed by atoms with Crippen LogP contribution in [0.3, 0.4) is 0 Å². The summed E-state index contributed by atoms with van der Waals surface area (Å²) in [5, 5.41) is 9.60. The van der Waals surface area contributed by atoms with Crippen molar-refractivity contribution in [3.8, 4) is 0 Å². The first kappa shape index (κ1) is 13.4. The van der Waals surface area contributed by atoms with Gasteiger partial charge in [-0.05, 0) is 19.1 Å². The Hall–Kier alpha value is -1.62. The lowest BCUT2D eigenvalue weighted by Gasteiger charge is -2.16. The summed E-state index contributed by atoms with van der Waals surface area (Å²) in [7, 11) is 0. The van der Waals surface area contributed by atoms with Crippen LogP contribution < -0.4 is 0 Å². The average molecular weight is 240 g/mol. The molecule has 1 aliphatic rings. The zero-order valence-corrected chi connectivity index (χ0v) is 9.83. The van der Waals surface area contributed by atoms with E-state index in [0.717, 1.165) is 0 Å². The molecule has 0 amide bonds. The minimum Gasteiger partial charge on any atom is -0.459 e. The highest BCUT2D eigenvalue weighted by Crippen LogP contribution is 2.09. The standard InChI is InChI=1S/C12H16O5/c1-8-7-10(14)3-4-11(17-9(2)13)5-6-12(15)16-8/h3-6,8,10-11,14H,7H2,1-2H3/b4-3?,6-5-/t8-,10-,11+/m0/s1. The van der Waals surface area contributed by atoms with Gasteiger partial charge >= 0.3 is 11.9 Å². The molecule has 1 heterocycles. The fraction of sp³-hybridized carbons (Fsp3) is 0.500. The molecule has 0 saturated heterocycles. The maximum absolute atomic E-state index is 11.3. The Balaban J connectivity index is 2.79. The van der Waals surface area contributed by atoms with Crippen molar-refractivity contribution in [3.63, 3.8) is 0 Å². The largest absolute Gasteiger partial charge is 0.459 e. The lowest BCUT2D eigenvalue weighted by atomic mass is 10.1. The molecule has 0 aromatic heterocycles. The van der Waals surface area contributed by atoms with Crippen molar-refractivity contribution in [2.75, 3.05) is 0 Å². The molecule has 0 spiro atoms. The van der Waals surface area contributed by atoms with Gasteiger partial charge in [-0.2, -0.15) is 0 Å². The number of hydrogen-bond donors (Lipinski definition) is 1. The lowest BCUT2D eigenvalue weighted by molar-refractivity contribution is -0.145. The van der Waals surface area contributed by atoms with E-state index in [2.05, 4.69) is 0 Å². The van der Waals surface area contributed by atoms with Gasteiger partial charge in [0.1, 0.15) is 12.2 Å². The molecule has 1 rings (SSSR count). The molecule has 0 unspecified atom stereocenters. The van der Waals surface area contributed by atoms with Crippen molar-refractivity contribution in [1.29, 1.82) is 0 Å². The second kappa shape index (κ2) is 6.20. The second-order valence-corrected chi connectivity index (χ2v) is 3.87. The predicted octanol–water partition coefficient (Wildman–Crippen LogP) is 0.727. The van der Waals surface area contributed by atoms with Crippen molar-refractivity contribution in [1.82, 2.24) is 0 Å². The monoisotopic (exact) mass is 240 g/mol. The lowest BCUT2D eigenvalue weighted by Crippen LogP contribution is -2.21. The molecule has 5 heteroatoms. The third kappa shape index (κ3) is 5.31. The van der Waals surface area contributed by atoms with Gasteiger partial charge in [0.15, 0.2) is 0 Å². The molecule has 0 fully saturated rings. The molecule has 0 aromatic rings. The normalized spacial score (nSPS) is 31.5. The number of hydrogen-bond acceptors (Lipinski definition) is 5. The fourth-order valence-corrected chi connectivity index (χ4v) is 1.45. The predicted molar refractivity (Wildman–Crippen MR) is 60.0 cm³/mol. The fourth-order valence-electron chi connectivity index (χ4n) is 1.45. The number of rotatable bonds is 1. The van der Waals surface area contributed by atoms with E-state index in [0.29, 0.717) is 6.42 Å². The molecule has 17 heavy (non-hydrogen) atoms. The Bertz CT molecular complexity index is 345. The molecule has 1 N–H and O–H groups in total. The number of carbonyl (C=O) groups is 2. The van der Waals surface area contributed by atoms with E-state index in [9.17, 15) is 14.7 Å². The van der Waals surface area contributed by atoms with Gasteiger partial charge in [-0.25, -0.2) is 4.79 Å². The van der Waals surface area contributed by atoms with Crippen molar-refractivity contribution in [2.45, 2.75) is 38.6 Å². The zero-order chi connectivity index (χ0) is 12.8. The van der Waals surface area contributed by atoms with E-state index in [4.69, 9.17) is 9.47 Å². The van der Waals surface area contributed by atoms with E-state index in [1.54, 1.807) is 6.92 Å². The van der Waals surface area contributed by atoms with Crippen LogP contribution in [0.25, 0.3) is 0 Å². The third-order valence-electron chi connectivity index (χ3n) is 2.14. The highest BCUT2D eigenvalue weighted by molar-refractivity contribution is 5.82. The number of carbonyl (C=O) groups excluding carboxylic acids is 2. The summed E-state index contributed by atoms with van der Waals surface area (Å²) >= 11 is 0. The second-order valence-electron chi connectivity index (χ2n) is 3.87. The zero-order valence-electron chi connectivity index (χ0n) is 9.83. The van der Waals surface area contributed by atoms with Gasteiger partial charge < -0.3 is 14.6 Å². The molecule has 0 bridgehead atoms. The minimum atomic E-state index is -0.734. The minimum absolute atomic E-state index is 0.308. The third-order valence-corrected chi connectivity index (χ3v) is 2.14. The number of cyclic esters (lactones) is 1. The molecule has 94 valence electrons. The van der Waals surface area contributed by atoms with Gasteiger partial charge in [0.2, 0.25) is 0 Å². The van der Waals surface area contributed by atoms with Crippen LogP contribution in [-0.2, 0) is 19.1 Å². The summed E-state index contributed by atoms with van der Waals surface area (Å²) in [5.41, 5.74) is 0. The molecule has 0 aliphatic carbocycles. The van der Waals surface area contributed by atoms with Gasteiger partial charge in [0.25, 0.3) is 0 Å². The Labute approximate surface area is 99.7 Å². The Kier molecular flexibility index (Phi) is 4.90. The maximum Gasteiger partial charge on any atom is 0.330 e. The average Bonchev–Trinajstić information content (AvgIpc) is 2.20. The van der Waals surface area contributed by atoms with Crippen molar-refractivity contribution in [3.05, 3.63) is 24.3 Å². The highest BCUT2D eigenvalue weighted by Gasteiger charge is 2.14. The molecule has 0 radical (unpaired) electrons. The van der Waals surface area contributed by atoms with E-state index in [-0.39, 0.29) is 6.10 Å². The van der Waals surface area contributed by atoms with Gasteiger partial charge in [-0.15, -0.1) is 0 Å². The van der Waals surface area contributed by atoms with Crippen LogP contribution in [0, 0.1) is 0 Å². The van der Waals surface area contributed by atoms with E-state index >= 15 is 0 Å². The smallest absolute Gasteiger partial charge is 0.330 e. The summed E-state index contributed by atoms with van der Waals surface area (Å²) in [5.74, 6) is -0.977. The van der Waals surface area contributed by atoms with Gasteiger partial charge in [-0.3, -0.25) is 4.79 Å². The van der Waals surface area contributed by atoms with Crippen LogP contribution in [0.2, 0.25) is 0 Å². The van der Waals surface area contributed by atoms with Crippen LogP contribution in [0.1, 0.15) is 20.3 Å². The topological polar surface area (TPSA) is 72.8 Å². The van der Waals surface area contributed by atoms with Crippen molar-refractivity contribution < 1.29 is 24.2 Å². The van der Waals surface area contributed by atoms with Crippen LogP contribution in [0.4, 0.5) is 0 Å². The molecular formula is C12H16O5. The van der Waals surface area contributed by atoms with E-state index < -0.39 is 24.1 Å². The summed E-state index contributed by atoms with van der Waals surface area (Å²) < 4.78 is 9.91.